The van der Waals surface area contributed by atoms with Crippen LogP contribution in [0.5, 0.6) is 0 Å². The molecule has 1 heterocycles. The quantitative estimate of drug-likeness (QED) is 0.686. The number of hydrogen-bond donors (Lipinski definition) is 2. The minimum atomic E-state index is -0.731. The smallest absolute Gasteiger partial charge is 0.265 e. The summed E-state index contributed by atoms with van der Waals surface area (Å²) in [4.78, 5) is 14.8. The second-order valence-electron chi connectivity index (χ2n) is 5.49. The second kappa shape index (κ2) is 6.42. The number of halogens is 2. The summed E-state index contributed by atoms with van der Waals surface area (Å²) in [6, 6.07) is 11.5. The highest BCUT2D eigenvalue weighted by Crippen LogP contribution is 2.38. The fourth-order valence-electron chi connectivity index (χ4n) is 2.76. The Kier molecular flexibility index (Phi) is 4.30. The summed E-state index contributed by atoms with van der Waals surface area (Å²) in [6.07, 6.45) is 2.87. The van der Waals surface area contributed by atoms with E-state index in [1.807, 2.05) is 19.1 Å². The molecule has 0 aliphatic carbocycles. The number of rotatable bonds is 3. The van der Waals surface area contributed by atoms with Crippen molar-refractivity contribution in [1.29, 1.82) is 5.26 Å². The van der Waals surface area contributed by atoms with Gasteiger partial charge in [0.1, 0.15) is 5.69 Å². The van der Waals surface area contributed by atoms with E-state index in [4.69, 9.17) is 22.6 Å². The average molecular weight is 353 g/mol. The van der Waals surface area contributed by atoms with Crippen molar-refractivity contribution >= 4 is 34.5 Å². The van der Waals surface area contributed by atoms with Crippen molar-refractivity contribution in [2.75, 3.05) is 0 Å². The number of benzene rings is 2. The number of nitriles is 1. The van der Waals surface area contributed by atoms with Gasteiger partial charge in [-0.3, -0.25) is 4.79 Å². The molecule has 123 valence electrons. The number of H-pyrrole nitrogens is 1. The molecule has 0 bridgehead atoms. The molecule has 6 heteroatoms. The van der Waals surface area contributed by atoms with Crippen molar-refractivity contribution in [3.63, 3.8) is 0 Å². The molecule has 2 aromatic carbocycles. The maximum absolute atomic E-state index is 14.7. The minimum Gasteiger partial charge on any atom is -0.364 e. The zero-order chi connectivity index (χ0) is 18.1. The lowest BCUT2D eigenvalue weighted by molar-refractivity contribution is 0.0997. The molecule has 4 nitrogen and oxygen atoms in total. The Balaban J connectivity index is 2.45. The number of nitrogens with one attached hydrogen (secondary N) is 1. The Bertz CT molecular complexity index is 1080. The topological polar surface area (TPSA) is 82.7 Å². The predicted octanol–water partition coefficient (Wildman–Crippen LogP) is 4.37. The van der Waals surface area contributed by atoms with Crippen LogP contribution in [0, 0.1) is 30.1 Å². The molecule has 3 N–H and O–H groups in total. The summed E-state index contributed by atoms with van der Waals surface area (Å²) < 4.78 is 14.7. The van der Waals surface area contributed by atoms with E-state index in [1.54, 1.807) is 18.2 Å². The first-order chi connectivity index (χ1) is 11.9. The molecule has 25 heavy (non-hydrogen) atoms. The van der Waals surface area contributed by atoms with Gasteiger partial charge < -0.3 is 10.7 Å². The minimum absolute atomic E-state index is 0.0582. The third kappa shape index (κ3) is 2.88. The van der Waals surface area contributed by atoms with Crippen molar-refractivity contribution in [3.05, 3.63) is 64.1 Å². The molecule has 0 aliphatic rings. The molecule has 0 aliphatic heterocycles. The lowest BCUT2D eigenvalue weighted by Gasteiger charge is -2.09. The van der Waals surface area contributed by atoms with Gasteiger partial charge in [0.05, 0.1) is 11.1 Å². The molecule has 0 fully saturated rings. The van der Waals surface area contributed by atoms with Gasteiger partial charge in [0, 0.05) is 22.5 Å². The number of nitrogens with zero attached hydrogens (tertiary/aromatic N) is 1. The van der Waals surface area contributed by atoms with Gasteiger partial charge in [-0.2, -0.15) is 5.26 Å². The van der Waals surface area contributed by atoms with Gasteiger partial charge in [0.25, 0.3) is 5.91 Å². The fourth-order valence-corrected chi connectivity index (χ4v) is 2.92. The zero-order valence-corrected chi connectivity index (χ0v) is 13.9. The van der Waals surface area contributed by atoms with Crippen molar-refractivity contribution in [2.45, 2.75) is 6.92 Å². The van der Waals surface area contributed by atoms with Crippen molar-refractivity contribution in [1.82, 2.24) is 4.98 Å². The summed E-state index contributed by atoms with van der Waals surface area (Å²) in [5, 5.41) is 8.90. The molecule has 0 unspecified atom stereocenters. The zero-order valence-electron chi connectivity index (χ0n) is 13.2. The van der Waals surface area contributed by atoms with E-state index in [0.717, 1.165) is 5.56 Å². The SMILES string of the molecule is Cc1c[c]c(-c2c(C(N)=O)[nH]c3ccc(Cl)c(F)c23)c(/C=C/C#N)c1. The number of carbonyl (C=O) groups excluding carboxylic acids is 1. The van der Waals surface area contributed by atoms with Crippen LogP contribution in [0.1, 0.15) is 21.6 Å². The molecule has 1 aromatic heterocycles. The summed E-state index contributed by atoms with van der Waals surface area (Å²) in [6.45, 7) is 1.87. The molecular formula is C19H12ClFN3O. The van der Waals surface area contributed by atoms with E-state index in [2.05, 4.69) is 11.1 Å². The van der Waals surface area contributed by atoms with Gasteiger partial charge in [0.2, 0.25) is 0 Å². The summed E-state index contributed by atoms with van der Waals surface area (Å²) in [5.41, 5.74) is 8.18. The molecule has 3 aromatic rings. The Hall–Kier alpha value is -3.10. The number of aromatic amines is 1. The number of fused-ring (bicyclic) bond motifs is 1. The summed E-state index contributed by atoms with van der Waals surface area (Å²) >= 11 is 5.91. The summed E-state index contributed by atoms with van der Waals surface area (Å²) in [5.74, 6) is -1.38. The number of allylic oxidation sites excluding steroid dienone is 1. The number of aryl methyl sites for hydroxylation is 1. The van der Waals surface area contributed by atoms with Gasteiger partial charge in [-0.1, -0.05) is 23.7 Å². The van der Waals surface area contributed by atoms with Crippen LogP contribution in [0.2, 0.25) is 5.02 Å². The first-order valence-electron chi connectivity index (χ1n) is 7.32. The van der Waals surface area contributed by atoms with Crippen molar-refractivity contribution < 1.29 is 9.18 Å². The Labute approximate surface area is 148 Å². The highest BCUT2D eigenvalue weighted by Gasteiger charge is 2.23. The van der Waals surface area contributed by atoms with Crippen LogP contribution < -0.4 is 5.73 Å². The van der Waals surface area contributed by atoms with E-state index < -0.39 is 11.7 Å². The van der Waals surface area contributed by atoms with Gasteiger partial charge in [0.15, 0.2) is 5.82 Å². The van der Waals surface area contributed by atoms with Crippen LogP contribution in [0.25, 0.3) is 28.1 Å². The van der Waals surface area contributed by atoms with Gasteiger partial charge in [-0.25, -0.2) is 4.39 Å². The number of amides is 1. The Morgan fingerprint density at radius 3 is 2.92 bits per heavy atom. The predicted molar refractivity (Wildman–Crippen MR) is 95.4 cm³/mol. The Morgan fingerprint density at radius 1 is 1.48 bits per heavy atom. The van der Waals surface area contributed by atoms with Crippen LogP contribution in [0.3, 0.4) is 0 Å². The van der Waals surface area contributed by atoms with E-state index in [9.17, 15) is 9.18 Å². The van der Waals surface area contributed by atoms with E-state index in [-0.39, 0.29) is 21.7 Å². The van der Waals surface area contributed by atoms with Gasteiger partial charge >= 0.3 is 0 Å². The van der Waals surface area contributed by atoms with Crippen molar-refractivity contribution in [2.24, 2.45) is 5.73 Å². The molecular weight excluding hydrogens is 341 g/mol. The maximum atomic E-state index is 14.7. The van der Waals surface area contributed by atoms with Gasteiger partial charge in [-0.15, -0.1) is 0 Å². The largest absolute Gasteiger partial charge is 0.364 e. The molecule has 0 atom stereocenters. The van der Waals surface area contributed by atoms with Gasteiger partial charge in [-0.05, 0) is 47.9 Å². The standard InChI is InChI=1S/C19H12ClFN3O/c1-10-4-5-12(11(9-10)3-2-8-22)15-16-14(24-18(15)19(23)25)7-6-13(20)17(16)21/h2-4,6-7,9,24H,1H3,(H2,23,25)/b3-2+. The molecule has 0 saturated carbocycles. The maximum Gasteiger partial charge on any atom is 0.265 e. The lowest BCUT2D eigenvalue weighted by Crippen LogP contribution is -2.12. The normalized spacial score (nSPS) is 11.1. The summed E-state index contributed by atoms with van der Waals surface area (Å²) in [7, 11) is 0. The van der Waals surface area contributed by atoms with E-state index >= 15 is 0 Å². The number of carbonyl (C=O) groups is 1. The number of aromatic nitrogens is 1. The second-order valence-corrected chi connectivity index (χ2v) is 5.90. The number of nitrogens with two attached hydrogens (primary N) is 1. The third-order valence-electron chi connectivity index (χ3n) is 3.80. The lowest BCUT2D eigenvalue weighted by atomic mass is 9.94. The average Bonchev–Trinajstić information content (AvgIpc) is 2.97. The highest BCUT2D eigenvalue weighted by atomic mass is 35.5. The van der Waals surface area contributed by atoms with E-state index in [0.29, 0.717) is 16.6 Å². The molecule has 1 radical (unpaired) electrons. The Morgan fingerprint density at radius 2 is 2.24 bits per heavy atom. The first kappa shape index (κ1) is 16.7. The number of primary amides is 1. The first-order valence-corrected chi connectivity index (χ1v) is 7.70. The molecule has 1 amide bonds. The van der Waals surface area contributed by atoms with Crippen LogP contribution in [-0.4, -0.2) is 10.9 Å². The van der Waals surface area contributed by atoms with Crippen LogP contribution in [-0.2, 0) is 0 Å². The fraction of sp³-hybridized carbons (Fsp3) is 0.0526. The third-order valence-corrected chi connectivity index (χ3v) is 4.10. The van der Waals surface area contributed by atoms with Crippen LogP contribution in [0.15, 0.2) is 30.3 Å². The van der Waals surface area contributed by atoms with E-state index in [1.165, 1.54) is 12.1 Å². The monoisotopic (exact) mass is 352 g/mol. The van der Waals surface area contributed by atoms with Crippen molar-refractivity contribution in [3.8, 4) is 17.2 Å². The van der Waals surface area contributed by atoms with Crippen LogP contribution in [0.4, 0.5) is 4.39 Å². The molecule has 3 rings (SSSR count). The van der Waals surface area contributed by atoms with Crippen LogP contribution >= 0.6 is 11.6 Å². The molecule has 0 saturated heterocycles. The molecule has 0 spiro atoms. The number of hydrogen-bond acceptors (Lipinski definition) is 2. The highest BCUT2D eigenvalue weighted by molar-refractivity contribution is 6.32.